The van der Waals surface area contributed by atoms with Gasteiger partial charge in [-0.05, 0) is 55.4 Å². The molecule has 11 heteroatoms. The summed E-state index contributed by atoms with van der Waals surface area (Å²) in [6, 6.07) is 8.31. The van der Waals surface area contributed by atoms with Crippen molar-refractivity contribution in [3.05, 3.63) is 58.7 Å². The van der Waals surface area contributed by atoms with Crippen molar-refractivity contribution in [1.82, 2.24) is 14.5 Å². The number of nitrogens with one attached hydrogen (secondary N) is 1. The van der Waals surface area contributed by atoms with Gasteiger partial charge in [-0.25, -0.2) is 4.39 Å². The van der Waals surface area contributed by atoms with E-state index in [-0.39, 0.29) is 34.7 Å². The van der Waals surface area contributed by atoms with Gasteiger partial charge in [-0.1, -0.05) is 12.1 Å². The van der Waals surface area contributed by atoms with E-state index in [1.807, 2.05) is 19.9 Å². The Morgan fingerprint density at radius 2 is 2.00 bits per heavy atom. The standard InChI is InChI=1S/C24H23FN6O3S/c1-14-11-16(15(2)30(14)19-6-4-3-5-18(19)25)12-17-22(26)31-24(27-23(17)33)35-20(28-31)13-21(32)29-7-9-34-10-8-29/h3-6,11-12,26H,7-10,13H2,1-2H3/b17-12-,26-22?. The number of thioether (sulfide) groups is 1. The van der Waals surface area contributed by atoms with Crippen molar-refractivity contribution in [2.75, 3.05) is 26.3 Å². The first kappa shape index (κ1) is 23.2. The van der Waals surface area contributed by atoms with Gasteiger partial charge in [-0.3, -0.25) is 15.0 Å². The first-order valence-corrected chi connectivity index (χ1v) is 11.9. The quantitative estimate of drug-likeness (QED) is 0.658. The number of amides is 2. The molecule has 1 saturated heterocycles. The number of para-hydroxylation sites is 1. The smallest absolute Gasteiger partial charge is 0.283 e. The molecule has 35 heavy (non-hydrogen) atoms. The second-order valence-corrected chi connectivity index (χ2v) is 9.34. The van der Waals surface area contributed by atoms with Crippen molar-refractivity contribution in [3.8, 4) is 5.69 Å². The Morgan fingerprint density at radius 3 is 2.74 bits per heavy atom. The zero-order valence-corrected chi connectivity index (χ0v) is 20.1. The first-order chi connectivity index (χ1) is 16.8. The Bertz CT molecular complexity index is 1340. The van der Waals surface area contributed by atoms with E-state index >= 15 is 0 Å². The number of rotatable bonds is 4. The highest BCUT2D eigenvalue weighted by molar-refractivity contribution is 8.27. The summed E-state index contributed by atoms with van der Waals surface area (Å²) in [6.07, 6.45) is 1.66. The zero-order valence-electron chi connectivity index (χ0n) is 19.2. The molecule has 1 fully saturated rings. The van der Waals surface area contributed by atoms with Crippen LogP contribution >= 0.6 is 11.8 Å². The van der Waals surface area contributed by atoms with Crippen molar-refractivity contribution in [2.24, 2.45) is 10.1 Å². The van der Waals surface area contributed by atoms with Crippen LogP contribution in [0, 0.1) is 25.1 Å². The second-order valence-electron chi connectivity index (χ2n) is 8.30. The summed E-state index contributed by atoms with van der Waals surface area (Å²) in [5, 5.41) is 15.0. The Labute approximate surface area is 205 Å². The van der Waals surface area contributed by atoms with Gasteiger partial charge in [-0.15, -0.1) is 0 Å². The molecule has 0 radical (unpaired) electrons. The van der Waals surface area contributed by atoms with Crippen LogP contribution in [0.15, 0.2) is 46.0 Å². The number of fused-ring (bicyclic) bond motifs is 1. The van der Waals surface area contributed by atoms with Crippen LogP contribution in [0.5, 0.6) is 0 Å². The maximum Gasteiger partial charge on any atom is 0.283 e. The summed E-state index contributed by atoms with van der Waals surface area (Å²) in [4.78, 5) is 31.2. The Balaban J connectivity index is 1.40. The number of hydrogen-bond donors (Lipinski definition) is 1. The number of hydrogen-bond acceptors (Lipinski definition) is 6. The van der Waals surface area contributed by atoms with Crippen LogP contribution in [0.4, 0.5) is 4.39 Å². The minimum absolute atomic E-state index is 0.0739. The molecule has 3 aliphatic heterocycles. The predicted molar refractivity (Wildman–Crippen MR) is 132 cm³/mol. The first-order valence-electron chi connectivity index (χ1n) is 11.1. The molecule has 3 aliphatic rings. The van der Waals surface area contributed by atoms with E-state index in [2.05, 4.69) is 10.1 Å². The number of aliphatic imine (C=N–C) groups is 1. The summed E-state index contributed by atoms with van der Waals surface area (Å²) in [7, 11) is 0. The lowest BCUT2D eigenvalue weighted by molar-refractivity contribution is -0.133. The van der Waals surface area contributed by atoms with E-state index in [0.717, 1.165) is 23.1 Å². The number of carbonyl (C=O) groups is 2. The van der Waals surface area contributed by atoms with Gasteiger partial charge in [0, 0.05) is 24.5 Å². The van der Waals surface area contributed by atoms with Gasteiger partial charge in [0.05, 0.1) is 30.9 Å². The molecule has 180 valence electrons. The fourth-order valence-electron chi connectivity index (χ4n) is 4.25. The second kappa shape index (κ2) is 9.23. The summed E-state index contributed by atoms with van der Waals surface area (Å²) >= 11 is 1.12. The van der Waals surface area contributed by atoms with Crippen molar-refractivity contribution in [1.29, 1.82) is 5.41 Å². The average Bonchev–Trinajstić information content (AvgIpc) is 3.37. The Morgan fingerprint density at radius 1 is 1.26 bits per heavy atom. The van der Waals surface area contributed by atoms with E-state index in [1.165, 1.54) is 11.1 Å². The lowest BCUT2D eigenvalue weighted by atomic mass is 10.1. The van der Waals surface area contributed by atoms with Crippen molar-refractivity contribution >= 4 is 45.7 Å². The summed E-state index contributed by atoms with van der Waals surface area (Å²) in [5.41, 5.74) is 2.68. The number of ether oxygens (including phenoxy) is 1. The van der Waals surface area contributed by atoms with Gasteiger partial charge in [0.1, 0.15) is 10.9 Å². The number of nitrogens with zero attached hydrogens (tertiary/aromatic N) is 5. The summed E-state index contributed by atoms with van der Waals surface area (Å²) in [5.74, 6) is -1.10. The van der Waals surface area contributed by atoms with Crippen molar-refractivity contribution in [3.63, 3.8) is 0 Å². The van der Waals surface area contributed by atoms with E-state index in [4.69, 9.17) is 10.1 Å². The third kappa shape index (κ3) is 4.32. The van der Waals surface area contributed by atoms with Gasteiger partial charge >= 0.3 is 0 Å². The molecule has 0 atom stereocenters. The topological polar surface area (TPSA) is 103 Å². The van der Waals surface area contributed by atoms with Gasteiger partial charge in [0.2, 0.25) is 11.1 Å². The van der Waals surface area contributed by atoms with Crippen LogP contribution in [0.3, 0.4) is 0 Å². The molecule has 1 aromatic heterocycles. The Kier molecular flexibility index (Phi) is 6.12. The number of amidine groups is 2. The molecule has 2 aromatic rings. The maximum absolute atomic E-state index is 14.4. The molecule has 1 N–H and O–H groups in total. The van der Waals surface area contributed by atoms with E-state index in [9.17, 15) is 14.0 Å². The molecule has 4 heterocycles. The fourth-order valence-corrected chi connectivity index (χ4v) is 5.13. The van der Waals surface area contributed by atoms with Crippen LogP contribution in [0.25, 0.3) is 11.8 Å². The van der Waals surface area contributed by atoms with Crippen LogP contribution in [-0.4, -0.2) is 68.6 Å². The van der Waals surface area contributed by atoms with Crippen LogP contribution < -0.4 is 0 Å². The number of halogens is 1. The zero-order chi connectivity index (χ0) is 24.7. The minimum atomic E-state index is -0.555. The molecule has 0 saturated carbocycles. The summed E-state index contributed by atoms with van der Waals surface area (Å²) in [6.45, 7) is 5.77. The molecule has 2 amide bonds. The van der Waals surface area contributed by atoms with Gasteiger partial charge in [0.25, 0.3) is 5.91 Å². The van der Waals surface area contributed by atoms with E-state index < -0.39 is 5.91 Å². The SMILES string of the molecule is Cc1cc(/C=C2/C(=N)N3N=C(CC(=O)N4CCOCC4)SC3=NC2=O)c(C)n1-c1ccccc1F. The predicted octanol–water partition coefficient (Wildman–Crippen LogP) is 3.10. The fraction of sp³-hybridized carbons (Fsp3) is 0.292. The third-order valence-electron chi connectivity index (χ3n) is 6.03. The van der Waals surface area contributed by atoms with E-state index in [1.54, 1.807) is 33.7 Å². The molecular formula is C24H23FN6O3S. The molecule has 0 unspecified atom stereocenters. The monoisotopic (exact) mass is 494 g/mol. The maximum atomic E-state index is 14.4. The number of carbonyl (C=O) groups excluding carboxylic acids is 2. The van der Waals surface area contributed by atoms with Gasteiger partial charge < -0.3 is 14.2 Å². The van der Waals surface area contributed by atoms with Gasteiger partial charge in [-0.2, -0.15) is 15.1 Å². The van der Waals surface area contributed by atoms with Crippen LogP contribution in [-0.2, 0) is 14.3 Å². The Hall–Kier alpha value is -3.57. The summed E-state index contributed by atoms with van der Waals surface area (Å²) < 4.78 is 21.5. The molecule has 0 aliphatic carbocycles. The van der Waals surface area contributed by atoms with Gasteiger partial charge in [0.15, 0.2) is 5.84 Å². The number of hydrazone groups is 1. The highest BCUT2D eigenvalue weighted by Crippen LogP contribution is 2.31. The van der Waals surface area contributed by atoms with Crippen molar-refractivity contribution < 1.29 is 18.7 Å². The molecule has 1 aromatic carbocycles. The number of morpholine rings is 1. The molecule has 9 nitrogen and oxygen atoms in total. The molecule has 0 spiro atoms. The average molecular weight is 495 g/mol. The highest BCUT2D eigenvalue weighted by Gasteiger charge is 2.36. The normalized spacial score (nSPS) is 19.2. The number of aryl methyl sites for hydroxylation is 1. The molecular weight excluding hydrogens is 471 g/mol. The number of aromatic nitrogens is 1. The number of benzene rings is 1. The minimum Gasteiger partial charge on any atom is -0.378 e. The largest absolute Gasteiger partial charge is 0.378 e. The lowest BCUT2D eigenvalue weighted by Crippen LogP contribution is -2.41. The molecule has 5 rings (SSSR count). The molecule has 0 bridgehead atoms. The van der Waals surface area contributed by atoms with Crippen LogP contribution in [0.2, 0.25) is 0 Å². The van der Waals surface area contributed by atoms with Crippen LogP contribution in [0.1, 0.15) is 23.4 Å². The van der Waals surface area contributed by atoms with E-state index in [0.29, 0.717) is 42.6 Å². The highest BCUT2D eigenvalue weighted by atomic mass is 32.2. The third-order valence-corrected chi connectivity index (χ3v) is 6.93. The lowest BCUT2D eigenvalue weighted by Gasteiger charge is -2.26. The van der Waals surface area contributed by atoms with Crippen molar-refractivity contribution in [2.45, 2.75) is 20.3 Å².